The van der Waals surface area contributed by atoms with Crippen LogP contribution in [-0.2, 0) is 9.59 Å². The predicted octanol–water partition coefficient (Wildman–Crippen LogP) is 7.63. The van der Waals surface area contributed by atoms with Crippen LogP contribution in [0.2, 0.25) is 0 Å². The molecule has 0 bridgehead atoms. The zero-order valence-electron chi connectivity index (χ0n) is 29.8. The van der Waals surface area contributed by atoms with Gasteiger partial charge in [-0.1, -0.05) is 106 Å². The van der Waals surface area contributed by atoms with Crippen LogP contribution >= 0.6 is 24.8 Å². The van der Waals surface area contributed by atoms with Gasteiger partial charge in [-0.2, -0.15) is 0 Å². The minimum Gasteiger partial charge on any atom is -0.492 e. The van der Waals surface area contributed by atoms with E-state index in [0.29, 0.717) is 39.4 Å². The Kier molecular flexibility index (Phi) is 28.5. The second-order valence-corrected chi connectivity index (χ2v) is 12.5. The van der Waals surface area contributed by atoms with Gasteiger partial charge in [0.05, 0.1) is 25.2 Å². The van der Waals surface area contributed by atoms with Gasteiger partial charge in [0, 0.05) is 13.1 Å². The van der Waals surface area contributed by atoms with Crippen LogP contribution in [0.25, 0.3) is 0 Å². The fourth-order valence-corrected chi connectivity index (χ4v) is 5.07. The summed E-state index contributed by atoms with van der Waals surface area (Å²) in [7, 11) is 0. The van der Waals surface area contributed by atoms with E-state index in [1.54, 1.807) is 0 Å². The minimum absolute atomic E-state index is 0. The number of nitrogens with two attached hydrogens (primary N) is 2. The van der Waals surface area contributed by atoms with Crippen LogP contribution in [0.4, 0.5) is 0 Å². The molecule has 4 atom stereocenters. The van der Waals surface area contributed by atoms with E-state index in [-0.39, 0.29) is 48.5 Å². The first-order valence-corrected chi connectivity index (χ1v) is 17.6. The molecule has 270 valence electrons. The highest BCUT2D eigenvalue weighted by atomic mass is 35.5. The number of nitrogens with zero attached hydrogens (tertiary/aromatic N) is 2. The fraction of sp³-hybridized carbons (Fsp3) is 0.778. The summed E-state index contributed by atoms with van der Waals surface area (Å²) in [6.45, 7) is 15.9. The van der Waals surface area contributed by atoms with Crippen molar-refractivity contribution < 1.29 is 19.1 Å². The average Bonchev–Trinajstić information content (AvgIpc) is 3.04. The first kappa shape index (κ1) is 46.4. The van der Waals surface area contributed by atoms with E-state index in [2.05, 4.69) is 27.7 Å². The second kappa shape index (κ2) is 28.3. The maximum atomic E-state index is 13.1. The molecule has 4 N–H and O–H groups in total. The summed E-state index contributed by atoms with van der Waals surface area (Å²) in [6, 6.07) is 6.56. The van der Waals surface area contributed by atoms with Gasteiger partial charge in [-0.25, -0.2) is 0 Å². The number of hydrogen-bond donors (Lipinski definition) is 2. The van der Waals surface area contributed by atoms with Crippen LogP contribution in [0.15, 0.2) is 24.3 Å². The van der Waals surface area contributed by atoms with Crippen molar-refractivity contribution in [3.05, 3.63) is 24.3 Å². The Balaban J connectivity index is 0. The molecule has 46 heavy (non-hydrogen) atoms. The molecule has 0 aliphatic carbocycles. The van der Waals surface area contributed by atoms with Crippen molar-refractivity contribution in [2.24, 2.45) is 23.3 Å². The second-order valence-electron chi connectivity index (χ2n) is 12.5. The number of benzene rings is 1. The zero-order valence-corrected chi connectivity index (χ0v) is 31.5. The molecule has 0 fully saturated rings. The van der Waals surface area contributed by atoms with Crippen LogP contribution in [-0.4, -0.2) is 73.1 Å². The summed E-state index contributed by atoms with van der Waals surface area (Å²) in [5.41, 5.74) is 12.6. The third-order valence-electron chi connectivity index (χ3n) is 8.85. The Bertz CT molecular complexity index is 822. The van der Waals surface area contributed by atoms with Crippen molar-refractivity contribution in [3.8, 4) is 11.5 Å². The van der Waals surface area contributed by atoms with Gasteiger partial charge >= 0.3 is 0 Å². The largest absolute Gasteiger partial charge is 0.492 e. The topological polar surface area (TPSA) is 111 Å². The number of carbonyl (C=O) groups excluding carboxylic acids is 2. The lowest BCUT2D eigenvalue weighted by molar-refractivity contribution is -0.135. The maximum Gasteiger partial charge on any atom is 0.239 e. The van der Waals surface area contributed by atoms with Crippen LogP contribution in [0.3, 0.4) is 0 Å². The van der Waals surface area contributed by atoms with Crippen molar-refractivity contribution in [3.63, 3.8) is 0 Å². The molecule has 0 saturated heterocycles. The van der Waals surface area contributed by atoms with E-state index < -0.39 is 12.1 Å². The SMILES string of the molecule is CCCCCCCN(CCOc1ccc(OCCN(CCCCCCC)C(=O)[C@@H](N)[C@@H](C)CC)cc1)C(=O)[C@@H](N)[C@@H](C)CC.Cl.Cl. The lowest BCUT2D eigenvalue weighted by Gasteiger charge is -2.28. The molecular formula is C36H68Cl2N4O4. The Hall–Kier alpha value is -1.74. The Morgan fingerprint density at radius 1 is 0.587 bits per heavy atom. The standard InChI is InChI=1S/C36H66N4O4.2ClH/c1-7-11-13-15-17-23-39(35(41)33(37)29(5)9-3)25-27-43-31-19-21-32(22-20-31)44-28-26-40(24-18-16-14-12-8-2)36(42)34(38)30(6)10-4;;/h19-22,29-30,33-34H,7-18,23-28,37-38H2,1-6H3;2*1H/t29-,30-,33-,34-;;/m0../s1. The Labute approximate surface area is 293 Å². The lowest BCUT2D eigenvalue weighted by atomic mass is 9.98. The highest BCUT2D eigenvalue weighted by Crippen LogP contribution is 2.19. The molecule has 0 saturated carbocycles. The Morgan fingerprint density at radius 3 is 1.22 bits per heavy atom. The van der Waals surface area contributed by atoms with E-state index in [0.717, 1.165) is 50.0 Å². The summed E-state index contributed by atoms with van der Waals surface area (Å²) in [5, 5.41) is 0. The van der Waals surface area contributed by atoms with Gasteiger partial charge in [-0.05, 0) is 48.9 Å². The first-order valence-electron chi connectivity index (χ1n) is 17.6. The lowest BCUT2D eigenvalue weighted by Crippen LogP contribution is -2.48. The molecule has 0 radical (unpaired) electrons. The van der Waals surface area contributed by atoms with Crippen LogP contribution in [0.1, 0.15) is 119 Å². The zero-order chi connectivity index (χ0) is 32.7. The van der Waals surface area contributed by atoms with E-state index in [1.165, 1.54) is 38.5 Å². The van der Waals surface area contributed by atoms with Gasteiger partial charge in [-0.15, -0.1) is 24.8 Å². The molecule has 1 aromatic rings. The third-order valence-corrected chi connectivity index (χ3v) is 8.85. The predicted molar refractivity (Wildman–Crippen MR) is 197 cm³/mol. The number of hydrogen-bond acceptors (Lipinski definition) is 6. The number of rotatable bonds is 26. The summed E-state index contributed by atoms with van der Waals surface area (Å²) in [4.78, 5) is 30.0. The normalized spacial score (nSPS) is 13.4. The van der Waals surface area contributed by atoms with Crippen molar-refractivity contribution in [2.75, 3.05) is 39.4 Å². The molecule has 10 heteroatoms. The van der Waals surface area contributed by atoms with Gasteiger partial charge in [0.15, 0.2) is 0 Å². The summed E-state index contributed by atoms with van der Waals surface area (Å²) >= 11 is 0. The molecule has 0 heterocycles. The monoisotopic (exact) mass is 690 g/mol. The Morgan fingerprint density at radius 2 is 0.913 bits per heavy atom. The summed E-state index contributed by atoms with van der Waals surface area (Å²) < 4.78 is 12.0. The minimum atomic E-state index is -0.481. The molecule has 0 unspecified atom stereocenters. The van der Waals surface area contributed by atoms with Gasteiger partial charge < -0.3 is 30.7 Å². The van der Waals surface area contributed by atoms with E-state index in [4.69, 9.17) is 20.9 Å². The van der Waals surface area contributed by atoms with Crippen molar-refractivity contribution >= 4 is 36.6 Å². The first-order chi connectivity index (χ1) is 21.2. The molecule has 1 aromatic carbocycles. The van der Waals surface area contributed by atoms with E-state index in [9.17, 15) is 9.59 Å². The third kappa shape index (κ3) is 18.6. The highest BCUT2D eigenvalue weighted by Gasteiger charge is 2.26. The smallest absolute Gasteiger partial charge is 0.239 e. The summed E-state index contributed by atoms with van der Waals surface area (Å²) in [5.74, 6) is 1.77. The van der Waals surface area contributed by atoms with Crippen LogP contribution in [0.5, 0.6) is 11.5 Å². The molecule has 8 nitrogen and oxygen atoms in total. The van der Waals surface area contributed by atoms with Crippen molar-refractivity contribution in [1.82, 2.24) is 9.80 Å². The quantitative estimate of drug-likeness (QED) is 0.0967. The molecule has 0 spiro atoms. The number of ether oxygens (including phenoxy) is 2. The van der Waals surface area contributed by atoms with E-state index >= 15 is 0 Å². The maximum absolute atomic E-state index is 13.1. The fourth-order valence-electron chi connectivity index (χ4n) is 5.07. The van der Waals surface area contributed by atoms with E-state index in [1.807, 2.05) is 47.9 Å². The van der Waals surface area contributed by atoms with Gasteiger partial charge in [0.1, 0.15) is 24.7 Å². The molecule has 0 aliphatic heterocycles. The van der Waals surface area contributed by atoms with Crippen molar-refractivity contribution in [2.45, 2.75) is 131 Å². The van der Waals surface area contributed by atoms with Gasteiger partial charge in [-0.3, -0.25) is 9.59 Å². The molecule has 2 amide bonds. The van der Waals surface area contributed by atoms with Crippen LogP contribution < -0.4 is 20.9 Å². The van der Waals surface area contributed by atoms with Crippen LogP contribution in [0, 0.1) is 11.8 Å². The van der Waals surface area contributed by atoms with Gasteiger partial charge in [0.25, 0.3) is 0 Å². The number of unbranched alkanes of at least 4 members (excludes halogenated alkanes) is 8. The summed E-state index contributed by atoms with van der Waals surface area (Å²) in [6.07, 6.45) is 13.2. The highest BCUT2D eigenvalue weighted by molar-refractivity contribution is 5.85. The molecule has 0 aliphatic rings. The van der Waals surface area contributed by atoms with Gasteiger partial charge in [0.2, 0.25) is 11.8 Å². The average molecular weight is 692 g/mol. The molecule has 1 rings (SSSR count). The number of carbonyl (C=O) groups is 2. The number of amides is 2. The number of halogens is 2. The van der Waals surface area contributed by atoms with Crippen molar-refractivity contribution in [1.29, 1.82) is 0 Å². The molecular weight excluding hydrogens is 623 g/mol. The molecule has 0 aromatic heterocycles.